The van der Waals surface area contributed by atoms with Crippen LogP contribution in [0, 0.1) is 11.3 Å². The predicted octanol–water partition coefficient (Wildman–Crippen LogP) is 4.09. The quantitative estimate of drug-likeness (QED) is 0.912. The van der Waals surface area contributed by atoms with Crippen LogP contribution in [0.25, 0.3) is 0 Å². The third kappa shape index (κ3) is 3.03. The van der Waals surface area contributed by atoms with Gasteiger partial charge >= 0.3 is 0 Å². The van der Waals surface area contributed by atoms with Crippen molar-refractivity contribution < 1.29 is 9.47 Å². The fraction of sp³-hybridized carbons (Fsp3) is 0.667. The molecule has 1 aromatic carbocycles. The van der Waals surface area contributed by atoms with E-state index in [0.29, 0.717) is 5.92 Å². The number of nitrogens with two attached hydrogens (primary N) is 1. The minimum Gasteiger partial charge on any atom is -0.497 e. The van der Waals surface area contributed by atoms with E-state index in [-0.39, 0.29) is 11.0 Å². The van der Waals surface area contributed by atoms with Gasteiger partial charge in [0.2, 0.25) is 0 Å². The SMILES string of the molecule is COc1ccc(C2(N)CCCCC2C(C)(C)C)c(OC)c1. The second-order valence-corrected chi connectivity index (χ2v) is 7.27. The van der Waals surface area contributed by atoms with Crippen LogP contribution in [-0.4, -0.2) is 14.2 Å². The third-order valence-electron chi connectivity index (χ3n) is 4.91. The molecule has 1 saturated carbocycles. The molecule has 0 aliphatic heterocycles. The largest absolute Gasteiger partial charge is 0.497 e. The van der Waals surface area contributed by atoms with Gasteiger partial charge in [0.15, 0.2) is 0 Å². The van der Waals surface area contributed by atoms with Crippen molar-refractivity contribution in [3.05, 3.63) is 23.8 Å². The Morgan fingerprint density at radius 2 is 1.86 bits per heavy atom. The molecule has 1 aromatic rings. The fourth-order valence-electron chi connectivity index (χ4n) is 3.91. The van der Waals surface area contributed by atoms with Crippen LogP contribution in [0.4, 0.5) is 0 Å². The Morgan fingerprint density at radius 3 is 2.43 bits per heavy atom. The summed E-state index contributed by atoms with van der Waals surface area (Å²) >= 11 is 0. The first-order valence-corrected chi connectivity index (χ1v) is 7.84. The van der Waals surface area contributed by atoms with Crippen LogP contribution in [0.1, 0.15) is 52.0 Å². The van der Waals surface area contributed by atoms with Gasteiger partial charge in [-0.2, -0.15) is 0 Å². The van der Waals surface area contributed by atoms with E-state index in [0.717, 1.165) is 23.5 Å². The lowest BCUT2D eigenvalue weighted by atomic mass is 9.60. The molecule has 0 spiro atoms. The molecule has 0 bridgehead atoms. The average molecular weight is 291 g/mol. The Morgan fingerprint density at radius 1 is 1.14 bits per heavy atom. The van der Waals surface area contributed by atoms with Crippen LogP contribution in [0.2, 0.25) is 0 Å². The smallest absolute Gasteiger partial charge is 0.127 e. The number of hydrogen-bond acceptors (Lipinski definition) is 3. The highest BCUT2D eigenvalue weighted by molar-refractivity contribution is 5.45. The van der Waals surface area contributed by atoms with E-state index in [4.69, 9.17) is 15.2 Å². The summed E-state index contributed by atoms with van der Waals surface area (Å²) in [5, 5.41) is 0. The molecule has 2 unspecified atom stereocenters. The first-order valence-electron chi connectivity index (χ1n) is 7.84. The van der Waals surface area contributed by atoms with Crippen molar-refractivity contribution in [1.29, 1.82) is 0 Å². The monoisotopic (exact) mass is 291 g/mol. The summed E-state index contributed by atoms with van der Waals surface area (Å²) < 4.78 is 10.9. The van der Waals surface area contributed by atoms with Gasteiger partial charge in [0.25, 0.3) is 0 Å². The fourth-order valence-corrected chi connectivity index (χ4v) is 3.91. The van der Waals surface area contributed by atoms with Crippen molar-refractivity contribution in [2.24, 2.45) is 17.1 Å². The molecule has 1 aliphatic rings. The number of methoxy groups -OCH3 is 2. The molecular weight excluding hydrogens is 262 g/mol. The predicted molar refractivity (Wildman–Crippen MR) is 86.8 cm³/mol. The van der Waals surface area contributed by atoms with Gasteiger partial charge in [0.05, 0.1) is 14.2 Å². The maximum atomic E-state index is 6.96. The zero-order chi connectivity index (χ0) is 15.7. The second-order valence-electron chi connectivity index (χ2n) is 7.27. The molecular formula is C18H29NO2. The second kappa shape index (κ2) is 5.88. The Labute approximate surface area is 128 Å². The number of rotatable bonds is 3. The molecule has 2 N–H and O–H groups in total. The molecule has 1 aliphatic carbocycles. The zero-order valence-corrected chi connectivity index (χ0v) is 14.0. The molecule has 3 heteroatoms. The van der Waals surface area contributed by atoms with Crippen LogP contribution < -0.4 is 15.2 Å². The van der Waals surface area contributed by atoms with E-state index < -0.39 is 0 Å². The van der Waals surface area contributed by atoms with Gasteiger partial charge in [-0.25, -0.2) is 0 Å². The molecule has 21 heavy (non-hydrogen) atoms. The minimum atomic E-state index is -0.325. The Hall–Kier alpha value is -1.22. The molecule has 2 rings (SSSR count). The van der Waals surface area contributed by atoms with Gasteiger partial charge in [-0.3, -0.25) is 0 Å². The topological polar surface area (TPSA) is 44.5 Å². The van der Waals surface area contributed by atoms with Gasteiger partial charge in [0, 0.05) is 17.2 Å². The molecule has 3 nitrogen and oxygen atoms in total. The van der Waals surface area contributed by atoms with Gasteiger partial charge in [-0.1, -0.05) is 33.6 Å². The van der Waals surface area contributed by atoms with E-state index >= 15 is 0 Å². The lowest BCUT2D eigenvalue weighted by molar-refractivity contribution is 0.0759. The summed E-state index contributed by atoms with van der Waals surface area (Å²) in [6, 6.07) is 6.01. The highest BCUT2D eigenvalue weighted by Gasteiger charge is 2.45. The van der Waals surface area contributed by atoms with Crippen LogP contribution in [0.3, 0.4) is 0 Å². The van der Waals surface area contributed by atoms with Gasteiger partial charge < -0.3 is 15.2 Å². The summed E-state index contributed by atoms with van der Waals surface area (Å²) in [5.41, 5.74) is 7.93. The number of hydrogen-bond donors (Lipinski definition) is 1. The molecule has 0 heterocycles. The number of benzene rings is 1. The third-order valence-corrected chi connectivity index (χ3v) is 4.91. The van der Waals surface area contributed by atoms with Crippen LogP contribution in [-0.2, 0) is 5.54 Å². The maximum Gasteiger partial charge on any atom is 0.127 e. The van der Waals surface area contributed by atoms with Crippen molar-refractivity contribution in [3.63, 3.8) is 0 Å². The highest BCUT2D eigenvalue weighted by atomic mass is 16.5. The zero-order valence-electron chi connectivity index (χ0n) is 14.0. The Balaban J connectivity index is 2.50. The first kappa shape index (κ1) is 16.2. The summed E-state index contributed by atoms with van der Waals surface area (Å²) in [7, 11) is 3.38. The molecule has 0 amide bonds. The Bertz CT molecular complexity index is 492. The highest BCUT2D eigenvalue weighted by Crippen LogP contribution is 2.50. The average Bonchev–Trinajstić information content (AvgIpc) is 2.45. The molecule has 118 valence electrons. The van der Waals surface area contributed by atoms with Gasteiger partial charge in [-0.15, -0.1) is 0 Å². The van der Waals surface area contributed by atoms with Crippen molar-refractivity contribution in [1.82, 2.24) is 0 Å². The lowest BCUT2D eigenvalue weighted by Crippen LogP contribution is -2.51. The summed E-state index contributed by atoms with van der Waals surface area (Å²) in [4.78, 5) is 0. The first-order chi connectivity index (χ1) is 9.82. The van der Waals surface area contributed by atoms with E-state index in [1.807, 2.05) is 12.1 Å². The molecule has 0 aromatic heterocycles. The van der Waals surface area contributed by atoms with Crippen LogP contribution in [0.5, 0.6) is 11.5 Å². The summed E-state index contributed by atoms with van der Waals surface area (Å²) in [5.74, 6) is 2.09. The molecule has 0 radical (unpaired) electrons. The Kier molecular flexibility index (Phi) is 4.52. The minimum absolute atomic E-state index is 0.181. The molecule has 1 fully saturated rings. The maximum absolute atomic E-state index is 6.96. The van der Waals surface area contributed by atoms with Gasteiger partial charge in [0.1, 0.15) is 11.5 Å². The molecule has 2 atom stereocenters. The van der Waals surface area contributed by atoms with Crippen molar-refractivity contribution in [2.75, 3.05) is 14.2 Å². The molecule has 0 saturated heterocycles. The lowest BCUT2D eigenvalue weighted by Gasteiger charge is -2.48. The summed E-state index contributed by atoms with van der Waals surface area (Å²) in [6.07, 6.45) is 4.63. The van der Waals surface area contributed by atoms with Crippen LogP contribution in [0.15, 0.2) is 18.2 Å². The van der Waals surface area contributed by atoms with Crippen molar-refractivity contribution in [2.45, 2.75) is 52.0 Å². The van der Waals surface area contributed by atoms with E-state index in [2.05, 4.69) is 26.8 Å². The van der Waals surface area contributed by atoms with E-state index in [1.165, 1.54) is 19.3 Å². The van der Waals surface area contributed by atoms with Gasteiger partial charge in [-0.05, 0) is 36.3 Å². The van der Waals surface area contributed by atoms with Crippen molar-refractivity contribution in [3.8, 4) is 11.5 Å². The van der Waals surface area contributed by atoms with Crippen LogP contribution >= 0.6 is 0 Å². The van der Waals surface area contributed by atoms with E-state index in [1.54, 1.807) is 14.2 Å². The summed E-state index contributed by atoms with van der Waals surface area (Å²) in [6.45, 7) is 6.88. The standard InChI is InChI=1S/C18H29NO2/c1-17(2,3)16-8-6-7-11-18(16,19)14-10-9-13(20-4)12-15(14)21-5/h9-10,12,16H,6-8,11,19H2,1-5H3. The number of ether oxygens (including phenoxy) is 2. The van der Waals surface area contributed by atoms with E-state index in [9.17, 15) is 0 Å². The normalized spacial score (nSPS) is 26.5. The van der Waals surface area contributed by atoms with Crippen molar-refractivity contribution >= 4 is 0 Å².